The minimum Gasteiger partial charge on any atom is -0.465 e. The standard InChI is InChI=1S/C16H24O8S/c1-20-16(17)15-6-4-3-5-14(15)13-23-10-9-21-7-8-22-11-12-24-25(2,18)19/h3-6H,7-13H2,1-2H3. The van der Waals surface area contributed by atoms with E-state index in [9.17, 15) is 13.2 Å². The summed E-state index contributed by atoms with van der Waals surface area (Å²) >= 11 is 0. The summed E-state index contributed by atoms with van der Waals surface area (Å²) in [4.78, 5) is 11.6. The number of benzene rings is 1. The number of hydrogen-bond donors (Lipinski definition) is 0. The van der Waals surface area contributed by atoms with Gasteiger partial charge in [0.1, 0.15) is 0 Å². The van der Waals surface area contributed by atoms with Gasteiger partial charge in [-0.15, -0.1) is 0 Å². The van der Waals surface area contributed by atoms with E-state index in [4.69, 9.17) is 18.9 Å². The van der Waals surface area contributed by atoms with E-state index >= 15 is 0 Å². The molecule has 0 saturated heterocycles. The number of methoxy groups -OCH3 is 1. The number of esters is 1. The maximum atomic E-state index is 11.6. The van der Waals surface area contributed by atoms with Gasteiger partial charge in [-0.2, -0.15) is 8.42 Å². The predicted molar refractivity (Wildman–Crippen MR) is 89.9 cm³/mol. The smallest absolute Gasteiger partial charge is 0.338 e. The average Bonchev–Trinajstić information content (AvgIpc) is 2.58. The molecule has 0 atom stereocenters. The van der Waals surface area contributed by atoms with Crippen molar-refractivity contribution in [1.82, 2.24) is 0 Å². The second-order valence-electron chi connectivity index (χ2n) is 4.95. The molecule has 0 saturated carbocycles. The Balaban J connectivity index is 2.05. The number of hydrogen-bond acceptors (Lipinski definition) is 8. The lowest BCUT2D eigenvalue weighted by Gasteiger charge is -2.09. The van der Waals surface area contributed by atoms with E-state index in [-0.39, 0.29) is 19.8 Å². The number of carbonyl (C=O) groups excluding carboxylic acids is 1. The van der Waals surface area contributed by atoms with Gasteiger partial charge in [-0.05, 0) is 11.6 Å². The highest BCUT2D eigenvalue weighted by molar-refractivity contribution is 7.85. The van der Waals surface area contributed by atoms with Gasteiger partial charge in [0, 0.05) is 0 Å². The number of ether oxygens (including phenoxy) is 4. The zero-order valence-corrected chi connectivity index (χ0v) is 15.2. The highest BCUT2D eigenvalue weighted by atomic mass is 32.2. The third kappa shape index (κ3) is 10.1. The zero-order chi connectivity index (χ0) is 18.5. The Morgan fingerprint density at radius 2 is 1.48 bits per heavy atom. The first kappa shape index (κ1) is 21.5. The lowest BCUT2D eigenvalue weighted by molar-refractivity contribution is 0.00613. The Bertz CT molecular complexity index is 614. The van der Waals surface area contributed by atoms with Crippen molar-refractivity contribution >= 4 is 16.1 Å². The zero-order valence-electron chi connectivity index (χ0n) is 14.4. The molecule has 0 heterocycles. The molecule has 25 heavy (non-hydrogen) atoms. The second-order valence-corrected chi connectivity index (χ2v) is 6.60. The summed E-state index contributed by atoms with van der Waals surface area (Å²) in [7, 11) is -2.09. The molecule has 142 valence electrons. The van der Waals surface area contributed by atoms with Crippen LogP contribution in [0.5, 0.6) is 0 Å². The molecule has 0 spiro atoms. The van der Waals surface area contributed by atoms with Crippen molar-refractivity contribution < 1.29 is 36.3 Å². The van der Waals surface area contributed by atoms with Gasteiger partial charge in [0.15, 0.2) is 0 Å². The fraction of sp³-hybridized carbons (Fsp3) is 0.562. The van der Waals surface area contributed by atoms with Crippen LogP contribution in [0.2, 0.25) is 0 Å². The maximum Gasteiger partial charge on any atom is 0.338 e. The molecule has 0 N–H and O–H groups in total. The van der Waals surface area contributed by atoms with Crippen molar-refractivity contribution in [2.75, 3.05) is 53.0 Å². The first-order valence-electron chi connectivity index (χ1n) is 7.68. The van der Waals surface area contributed by atoms with Crippen LogP contribution in [0.1, 0.15) is 15.9 Å². The lowest BCUT2D eigenvalue weighted by atomic mass is 10.1. The van der Waals surface area contributed by atoms with Crippen LogP contribution in [-0.4, -0.2) is 67.4 Å². The number of carbonyl (C=O) groups is 1. The summed E-state index contributed by atoms with van der Waals surface area (Å²) in [5.74, 6) is -0.396. The predicted octanol–water partition coefficient (Wildman–Crippen LogP) is 0.999. The first-order valence-corrected chi connectivity index (χ1v) is 9.49. The molecular weight excluding hydrogens is 352 g/mol. The molecule has 0 aromatic heterocycles. The van der Waals surface area contributed by atoms with E-state index in [2.05, 4.69) is 4.18 Å². The molecule has 1 rings (SSSR count). The Morgan fingerprint density at radius 1 is 0.920 bits per heavy atom. The maximum absolute atomic E-state index is 11.6. The molecule has 0 amide bonds. The minimum absolute atomic E-state index is 0.0124. The van der Waals surface area contributed by atoms with Gasteiger partial charge in [-0.1, -0.05) is 18.2 Å². The summed E-state index contributed by atoms with van der Waals surface area (Å²) in [5, 5.41) is 0. The Kier molecular flexibility index (Phi) is 10.3. The van der Waals surface area contributed by atoms with E-state index in [1.54, 1.807) is 18.2 Å². The molecule has 1 aromatic carbocycles. The molecule has 0 aliphatic rings. The molecular formula is C16H24O8S. The molecule has 0 aliphatic carbocycles. The van der Waals surface area contributed by atoms with Crippen LogP contribution in [0.3, 0.4) is 0 Å². The summed E-state index contributed by atoms with van der Waals surface area (Å²) in [6.45, 7) is 1.89. The van der Waals surface area contributed by atoms with Crippen molar-refractivity contribution in [3.63, 3.8) is 0 Å². The van der Waals surface area contributed by atoms with Crippen molar-refractivity contribution in [3.05, 3.63) is 35.4 Å². The third-order valence-electron chi connectivity index (χ3n) is 2.95. The van der Waals surface area contributed by atoms with Crippen LogP contribution in [0.4, 0.5) is 0 Å². The molecule has 8 nitrogen and oxygen atoms in total. The van der Waals surface area contributed by atoms with E-state index in [0.29, 0.717) is 32.0 Å². The third-order valence-corrected chi connectivity index (χ3v) is 3.54. The fourth-order valence-electron chi connectivity index (χ4n) is 1.82. The Morgan fingerprint density at radius 3 is 2.08 bits per heavy atom. The minimum atomic E-state index is -3.42. The van der Waals surface area contributed by atoms with Crippen LogP contribution < -0.4 is 0 Å². The Hall–Kier alpha value is -1.52. The van der Waals surface area contributed by atoms with Gasteiger partial charge in [0.2, 0.25) is 0 Å². The Labute approximate surface area is 148 Å². The van der Waals surface area contributed by atoms with E-state index in [0.717, 1.165) is 11.8 Å². The van der Waals surface area contributed by atoms with Crippen LogP contribution in [-0.2, 0) is 39.9 Å². The normalized spacial score (nSPS) is 11.4. The van der Waals surface area contributed by atoms with Crippen molar-refractivity contribution in [2.45, 2.75) is 6.61 Å². The van der Waals surface area contributed by atoms with Crippen LogP contribution in [0, 0.1) is 0 Å². The summed E-state index contributed by atoms with van der Waals surface area (Å²) < 4.78 is 46.6. The first-order chi connectivity index (χ1) is 11.9. The van der Waals surface area contributed by atoms with Crippen molar-refractivity contribution in [1.29, 1.82) is 0 Å². The van der Waals surface area contributed by atoms with Crippen LogP contribution in [0.15, 0.2) is 24.3 Å². The molecule has 0 bridgehead atoms. The summed E-state index contributed by atoms with van der Waals surface area (Å²) in [6.07, 6.45) is 0.986. The molecule has 0 radical (unpaired) electrons. The fourth-order valence-corrected chi connectivity index (χ4v) is 2.19. The monoisotopic (exact) mass is 376 g/mol. The van der Waals surface area contributed by atoms with Crippen LogP contribution >= 0.6 is 0 Å². The largest absolute Gasteiger partial charge is 0.465 e. The van der Waals surface area contributed by atoms with Gasteiger partial charge in [-0.25, -0.2) is 4.79 Å². The van der Waals surface area contributed by atoms with Gasteiger partial charge < -0.3 is 18.9 Å². The van der Waals surface area contributed by atoms with Gasteiger partial charge in [0.05, 0.1) is 65.2 Å². The topological polar surface area (TPSA) is 97.4 Å². The summed E-state index contributed by atoms with van der Waals surface area (Å²) in [6, 6.07) is 7.08. The SMILES string of the molecule is COC(=O)c1ccccc1COCCOCCOCCOS(C)(=O)=O. The average molecular weight is 376 g/mol. The molecule has 0 fully saturated rings. The molecule has 9 heteroatoms. The molecule has 1 aromatic rings. The van der Waals surface area contributed by atoms with Crippen molar-refractivity contribution in [3.8, 4) is 0 Å². The van der Waals surface area contributed by atoms with Gasteiger partial charge in [0.25, 0.3) is 10.1 Å². The second kappa shape index (κ2) is 11.9. The van der Waals surface area contributed by atoms with Gasteiger partial charge >= 0.3 is 5.97 Å². The van der Waals surface area contributed by atoms with Crippen LogP contribution in [0.25, 0.3) is 0 Å². The quantitative estimate of drug-likeness (QED) is 0.286. The van der Waals surface area contributed by atoms with Gasteiger partial charge in [-0.3, -0.25) is 4.18 Å². The lowest BCUT2D eigenvalue weighted by Crippen LogP contribution is -2.13. The van der Waals surface area contributed by atoms with E-state index in [1.165, 1.54) is 7.11 Å². The highest BCUT2D eigenvalue weighted by Gasteiger charge is 2.10. The molecule has 0 unspecified atom stereocenters. The van der Waals surface area contributed by atoms with E-state index in [1.807, 2.05) is 6.07 Å². The highest BCUT2D eigenvalue weighted by Crippen LogP contribution is 2.11. The number of rotatable bonds is 13. The van der Waals surface area contributed by atoms with E-state index < -0.39 is 16.1 Å². The van der Waals surface area contributed by atoms with Crippen molar-refractivity contribution in [2.24, 2.45) is 0 Å². The summed E-state index contributed by atoms with van der Waals surface area (Å²) in [5.41, 5.74) is 1.24. The molecule has 0 aliphatic heterocycles.